The van der Waals surface area contributed by atoms with Crippen LogP contribution in [0, 0.1) is 6.92 Å². The Morgan fingerprint density at radius 2 is 1.97 bits per heavy atom. The van der Waals surface area contributed by atoms with Crippen LogP contribution < -0.4 is 21.1 Å². The summed E-state index contributed by atoms with van der Waals surface area (Å²) in [5, 5.41) is 6.49. The molecular formula is C20H25N7O2. The summed E-state index contributed by atoms with van der Waals surface area (Å²) in [7, 11) is 3.84. The van der Waals surface area contributed by atoms with Crippen LogP contribution in [-0.4, -0.2) is 52.6 Å². The van der Waals surface area contributed by atoms with E-state index in [0.717, 1.165) is 11.5 Å². The molecule has 152 valence electrons. The van der Waals surface area contributed by atoms with Gasteiger partial charge in [0.15, 0.2) is 0 Å². The molecule has 1 amide bonds. The van der Waals surface area contributed by atoms with Crippen molar-refractivity contribution in [3.63, 3.8) is 0 Å². The average Bonchev–Trinajstić information content (AvgIpc) is 2.70. The van der Waals surface area contributed by atoms with Crippen molar-refractivity contribution in [3.05, 3.63) is 52.7 Å². The Kier molecular flexibility index (Phi) is 6.38. The third-order valence-electron chi connectivity index (χ3n) is 4.34. The van der Waals surface area contributed by atoms with Crippen LogP contribution >= 0.6 is 0 Å². The minimum absolute atomic E-state index is 0.133. The summed E-state index contributed by atoms with van der Waals surface area (Å²) in [6.45, 7) is 3.12. The van der Waals surface area contributed by atoms with Gasteiger partial charge in [-0.15, -0.1) is 0 Å². The fourth-order valence-electron chi connectivity index (χ4n) is 2.81. The van der Waals surface area contributed by atoms with E-state index in [4.69, 9.17) is 0 Å². The number of hydrogen-bond acceptors (Lipinski definition) is 7. The number of carbonyl (C=O) groups excluding carboxylic acids is 1. The van der Waals surface area contributed by atoms with E-state index < -0.39 is 0 Å². The third kappa shape index (κ3) is 5.28. The lowest BCUT2D eigenvalue weighted by Crippen LogP contribution is -2.31. The molecule has 3 rings (SSSR count). The highest BCUT2D eigenvalue weighted by atomic mass is 16.1. The molecule has 2 aromatic heterocycles. The van der Waals surface area contributed by atoms with Gasteiger partial charge < -0.3 is 15.5 Å². The Morgan fingerprint density at radius 3 is 2.76 bits per heavy atom. The lowest BCUT2D eigenvalue weighted by atomic mass is 10.2. The lowest BCUT2D eigenvalue weighted by Gasteiger charge is -2.14. The molecule has 0 radical (unpaired) electrons. The SMILES string of the molecule is Cc1cc(N(C)C)nc(NCCNC(=O)CCn2cnc3ccccc3c2=O)n1. The number of nitrogens with zero attached hydrogens (tertiary/aromatic N) is 5. The molecule has 0 aliphatic carbocycles. The van der Waals surface area contributed by atoms with Crippen LogP contribution in [0.15, 0.2) is 41.5 Å². The van der Waals surface area contributed by atoms with Crippen LogP contribution in [0.1, 0.15) is 12.1 Å². The van der Waals surface area contributed by atoms with Gasteiger partial charge in [-0.25, -0.2) is 9.97 Å². The predicted molar refractivity (Wildman–Crippen MR) is 113 cm³/mol. The summed E-state index contributed by atoms with van der Waals surface area (Å²) in [5.74, 6) is 1.21. The summed E-state index contributed by atoms with van der Waals surface area (Å²) in [4.78, 5) is 39.4. The highest BCUT2D eigenvalue weighted by Gasteiger charge is 2.07. The molecule has 3 aromatic rings. The predicted octanol–water partition coefficient (Wildman–Crippen LogP) is 1.18. The highest BCUT2D eigenvalue weighted by Crippen LogP contribution is 2.11. The largest absolute Gasteiger partial charge is 0.363 e. The number of rotatable bonds is 8. The van der Waals surface area contributed by atoms with E-state index >= 15 is 0 Å². The van der Waals surface area contributed by atoms with E-state index in [0.29, 0.717) is 29.9 Å². The van der Waals surface area contributed by atoms with Gasteiger partial charge in [-0.1, -0.05) is 12.1 Å². The number of nitrogens with one attached hydrogen (secondary N) is 2. The second-order valence-corrected chi connectivity index (χ2v) is 6.87. The van der Waals surface area contributed by atoms with Gasteiger partial charge in [-0.3, -0.25) is 14.2 Å². The molecule has 2 N–H and O–H groups in total. The van der Waals surface area contributed by atoms with Gasteiger partial charge in [0.1, 0.15) is 5.82 Å². The molecular weight excluding hydrogens is 370 g/mol. The van der Waals surface area contributed by atoms with Crippen LogP contribution in [0.4, 0.5) is 11.8 Å². The summed E-state index contributed by atoms with van der Waals surface area (Å²) < 4.78 is 1.46. The second kappa shape index (κ2) is 9.13. The molecule has 1 aromatic carbocycles. The van der Waals surface area contributed by atoms with Crippen molar-refractivity contribution < 1.29 is 4.79 Å². The van der Waals surface area contributed by atoms with Gasteiger partial charge in [0.2, 0.25) is 11.9 Å². The fourth-order valence-corrected chi connectivity index (χ4v) is 2.81. The molecule has 0 aliphatic rings. The van der Waals surface area contributed by atoms with Crippen LogP contribution in [0.3, 0.4) is 0 Å². The number of aryl methyl sites for hydroxylation is 2. The van der Waals surface area contributed by atoms with Crippen LogP contribution in [0.2, 0.25) is 0 Å². The van der Waals surface area contributed by atoms with E-state index in [-0.39, 0.29) is 24.4 Å². The summed E-state index contributed by atoms with van der Waals surface area (Å²) in [6.07, 6.45) is 1.68. The fraction of sp³-hybridized carbons (Fsp3) is 0.350. The number of aromatic nitrogens is 4. The van der Waals surface area contributed by atoms with E-state index in [1.165, 1.54) is 10.9 Å². The lowest BCUT2D eigenvalue weighted by molar-refractivity contribution is -0.121. The standard InChI is InChI=1S/C20H25N7O2/c1-14-12-17(26(2)3)25-20(24-14)22-10-9-21-18(28)8-11-27-13-23-16-7-5-4-6-15(16)19(27)29/h4-7,12-13H,8-11H2,1-3H3,(H,21,28)(H,22,24,25). The minimum atomic E-state index is -0.140. The van der Waals surface area contributed by atoms with E-state index in [9.17, 15) is 9.59 Å². The Morgan fingerprint density at radius 1 is 1.17 bits per heavy atom. The number of fused-ring (bicyclic) bond motifs is 1. The number of para-hydroxylation sites is 1. The molecule has 0 saturated carbocycles. The molecule has 29 heavy (non-hydrogen) atoms. The highest BCUT2D eigenvalue weighted by molar-refractivity contribution is 5.77. The van der Waals surface area contributed by atoms with Crippen molar-refractivity contribution in [1.82, 2.24) is 24.8 Å². The van der Waals surface area contributed by atoms with Crippen LogP contribution in [0.25, 0.3) is 10.9 Å². The Hall–Kier alpha value is -3.49. The van der Waals surface area contributed by atoms with Gasteiger partial charge in [0.25, 0.3) is 5.56 Å². The average molecular weight is 395 g/mol. The molecule has 0 spiro atoms. The molecule has 0 atom stereocenters. The van der Waals surface area contributed by atoms with E-state index in [1.54, 1.807) is 18.2 Å². The van der Waals surface area contributed by atoms with Gasteiger partial charge >= 0.3 is 0 Å². The maximum atomic E-state index is 12.4. The normalized spacial score (nSPS) is 10.7. The van der Waals surface area contributed by atoms with Gasteiger partial charge in [0, 0.05) is 51.9 Å². The Labute approximate surface area is 168 Å². The molecule has 9 heteroatoms. The maximum absolute atomic E-state index is 12.4. The molecule has 2 heterocycles. The summed E-state index contributed by atoms with van der Waals surface area (Å²) >= 11 is 0. The van der Waals surface area contributed by atoms with Gasteiger partial charge in [0.05, 0.1) is 17.2 Å². The van der Waals surface area contributed by atoms with Gasteiger partial charge in [-0.2, -0.15) is 4.98 Å². The zero-order valence-corrected chi connectivity index (χ0v) is 16.8. The van der Waals surface area contributed by atoms with Crippen molar-refractivity contribution >= 4 is 28.6 Å². The number of benzene rings is 1. The summed E-state index contributed by atoms with van der Waals surface area (Å²) in [6, 6.07) is 9.07. The van der Waals surface area contributed by atoms with Gasteiger partial charge in [-0.05, 0) is 19.1 Å². The molecule has 9 nitrogen and oxygen atoms in total. The molecule has 0 saturated heterocycles. The number of carbonyl (C=O) groups is 1. The summed E-state index contributed by atoms with van der Waals surface area (Å²) in [5.41, 5.74) is 1.38. The second-order valence-electron chi connectivity index (χ2n) is 6.87. The molecule has 0 unspecified atom stereocenters. The van der Waals surface area contributed by atoms with E-state index in [1.807, 2.05) is 38.1 Å². The first-order chi connectivity index (χ1) is 13.9. The number of amides is 1. The topological polar surface area (TPSA) is 105 Å². The first-order valence-electron chi connectivity index (χ1n) is 9.42. The Balaban J connectivity index is 1.46. The zero-order valence-electron chi connectivity index (χ0n) is 16.8. The quantitative estimate of drug-likeness (QED) is 0.552. The van der Waals surface area contributed by atoms with Crippen molar-refractivity contribution in [2.24, 2.45) is 0 Å². The Bertz CT molecular complexity index is 1060. The van der Waals surface area contributed by atoms with Crippen molar-refractivity contribution in [1.29, 1.82) is 0 Å². The number of hydrogen-bond donors (Lipinski definition) is 2. The van der Waals surface area contributed by atoms with Crippen molar-refractivity contribution in [2.45, 2.75) is 19.9 Å². The van der Waals surface area contributed by atoms with Crippen molar-refractivity contribution in [3.8, 4) is 0 Å². The van der Waals surface area contributed by atoms with Crippen LogP contribution in [-0.2, 0) is 11.3 Å². The first-order valence-corrected chi connectivity index (χ1v) is 9.42. The minimum Gasteiger partial charge on any atom is -0.363 e. The third-order valence-corrected chi connectivity index (χ3v) is 4.34. The maximum Gasteiger partial charge on any atom is 0.261 e. The zero-order chi connectivity index (χ0) is 20.8. The molecule has 0 fully saturated rings. The van der Waals surface area contributed by atoms with Crippen molar-refractivity contribution in [2.75, 3.05) is 37.4 Å². The van der Waals surface area contributed by atoms with Crippen LogP contribution in [0.5, 0.6) is 0 Å². The number of anilines is 2. The smallest absolute Gasteiger partial charge is 0.261 e. The molecule has 0 aliphatic heterocycles. The van der Waals surface area contributed by atoms with E-state index in [2.05, 4.69) is 25.6 Å². The molecule has 0 bridgehead atoms. The first kappa shape index (κ1) is 20.2. The monoisotopic (exact) mass is 395 g/mol.